The highest BCUT2D eigenvalue weighted by Crippen LogP contribution is 2.28. The van der Waals surface area contributed by atoms with Crippen LogP contribution in [0.2, 0.25) is 5.02 Å². The Balaban J connectivity index is 1.45. The van der Waals surface area contributed by atoms with Gasteiger partial charge in [0.05, 0.1) is 43.3 Å². The average Bonchev–Trinajstić information content (AvgIpc) is 3.24. The van der Waals surface area contributed by atoms with Gasteiger partial charge in [-0.3, -0.25) is 4.79 Å². The molecule has 1 aromatic heterocycles. The third kappa shape index (κ3) is 5.96. The molecule has 1 amide bonds. The van der Waals surface area contributed by atoms with Gasteiger partial charge >= 0.3 is 0 Å². The fourth-order valence-corrected chi connectivity index (χ4v) is 4.46. The SMILES string of the molecule is COc1ccc(/C(C)=N/NC(=O)CSc2nc3ccccc3n2Cc2ccc(Cl)cc2)cc1OC. The lowest BCUT2D eigenvalue weighted by Crippen LogP contribution is -2.21. The Morgan fingerprint density at radius 3 is 2.54 bits per heavy atom. The van der Waals surface area contributed by atoms with Crippen LogP contribution >= 0.6 is 23.4 Å². The number of rotatable bonds is 9. The molecule has 0 aliphatic rings. The van der Waals surface area contributed by atoms with Crippen LogP contribution in [-0.2, 0) is 11.3 Å². The van der Waals surface area contributed by atoms with Crippen LogP contribution < -0.4 is 14.9 Å². The van der Waals surface area contributed by atoms with E-state index in [-0.39, 0.29) is 11.7 Å². The predicted octanol–water partition coefficient (Wildman–Crippen LogP) is 5.39. The van der Waals surface area contributed by atoms with E-state index in [1.165, 1.54) is 11.8 Å². The van der Waals surface area contributed by atoms with Crippen LogP contribution in [0.1, 0.15) is 18.1 Å². The summed E-state index contributed by atoms with van der Waals surface area (Å²) in [4.78, 5) is 17.3. The first-order valence-electron chi connectivity index (χ1n) is 10.9. The highest BCUT2D eigenvalue weighted by atomic mass is 35.5. The molecule has 0 aliphatic carbocycles. The molecular weight excluding hydrogens is 484 g/mol. The molecule has 0 saturated heterocycles. The van der Waals surface area contributed by atoms with Gasteiger partial charge in [0.1, 0.15) is 0 Å². The molecule has 0 saturated carbocycles. The molecule has 4 aromatic rings. The molecular formula is C26H25ClN4O3S. The second kappa shape index (κ2) is 11.3. The molecule has 180 valence electrons. The van der Waals surface area contributed by atoms with Crippen molar-refractivity contribution in [2.24, 2.45) is 5.10 Å². The Kier molecular flexibility index (Phi) is 7.94. The van der Waals surface area contributed by atoms with Gasteiger partial charge in [-0.25, -0.2) is 10.4 Å². The zero-order chi connectivity index (χ0) is 24.8. The average molecular weight is 509 g/mol. The number of ether oxygens (including phenoxy) is 2. The van der Waals surface area contributed by atoms with Crippen LogP contribution in [-0.4, -0.2) is 41.1 Å². The van der Waals surface area contributed by atoms with Gasteiger partial charge in [-0.2, -0.15) is 5.10 Å². The maximum Gasteiger partial charge on any atom is 0.250 e. The number of hydrogen-bond donors (Lipinski definition) is 1. The van der Waals surface area contributed by atoms with Crippen LogP contribution in [0, 0.1) is 0 Å². The Bertz CT molecular complexity index is 1370. The molecule has 7 nitrogen and oxygen atoms in total. The number of aromatic nitrogens is 2. The van der Waals surface area contributed by atoms with Crippen LogP contribution in [0.5, 0.6) is 11.5 Å². The van der Waals surface area contributed by atoms with Crippen molar-refractivity contribution < 1.29 is 14.3 Å². The third-order valence-electron chi connectivity index (χ3n) is 5.36. The summed E-state index contributed by atoms with van der Waals surface area (Å²) in [5.74, 6) is 1.18. The molecule has 0 atom stereocenters. The third-order valence-corrected chi connectivity index (χ3v) is 6.58. The smallest absolute Gasteiger partial charge is 0.250 e. The molecule has 35 heavy (non-hydrogen) atoms. The van der Waals surface area contributed by atoms with E-state index in [2.05, 4.69) is 15.1 Å². The summed E-state index contributed by atoms with van der Waals surface area (Å²) in [6.07, 6.45) is 0. The van der Waals surface area contributed by atoms with Crippen molar-refractivity contribution in [3.63, 3.8) is 0 Å². The maximum absolute atomic E-state index is 12.6. The van der Waals surface area contributed by atoms with Crippen molar-refractivity contribution in [3.8, 4) is 11.5 Å². The number of para-hydroxylation sites is 2. The minimum Gasteiger partial charge on any atom is -0.493 e. The molecule has 3 aromatic carbocycles. The molecule has 0 spiro atoms. The Labute approximate surface area is 213 Å². The summed E-state index contributed by atoms with van der Waals surface area (Å²) in [7, 11) is 3.16. The van der Waals surface area contributed by atoms with Gasteiger partial charge in [0.2, 0.25) is 0 Å². The fourth-order valence-electron chi connectivity index (χ4n) is 3.52. The maximum atomic E-state index is 12.6. The van der Waals surface area contributed by atoms with E-state index >= 15 is 0 Å². The summed E-state index contributed by atoms with van der Waals surface area (Å²) in [6.45, 7) is 2.44. The zero-order valence-corrected chi connectivity index (χ0v) is 21.2. The van der Waals surface area contributed by atoms with Crippen molar-refractivity contribution >= 4 is 46.0 Å². The number of nitrogens with one attached hydrogen (secondary N) is 1. The molecule has 0 unspecified atom stereocenters. The minimum atomic E-state index is -0.222. The van der Waals surface area contributed by atoms with Gasteiger partial charge in [0, 0.05) is 10.6 Å². The molecule has 0 aliphatic heterocycles. The number of amides is 1. The van der Waals surface area contributed by atoms with Gasteiger partial charge < -0.3 is 14.0 Å². The van der Waals surface area contributed by atoms with Crippen LogP contribution in [0.3, 0.4) is 0 Å². The summed E-state index contributed by atoms with van der Waals surface area (Å²) >= 11 is 7.40. The van der Waals surface area contributed by atoms with E-state index in [1.807, 2.05) is 67.6 Å². The quantitative estimate of drug-likeness (QED) is 0.186. The Morgan fingerprint density at radius 1 is 1.06 bits per heavy atom. The minimum absolute atomic E-state index is 0.173. The lowest BCUT2D eigenvalue weighted by Gasteiger charge is -2.10. The number of carbonyl (C=O) groups is 1. The zero-order valence-electron chi connectivity index (χ0n) is 19.6. The van der Waals surface area contributed by atoms with Crippen molar-refractivity contribution in [3.05, 3.63) is 82.9 Å². The first-order valence-corrected chi connectivity index (χ1v) is 12.2. The molecule has 0 fully saturated rings. The number of hydrogen-bond acceptors (Lipinski definition) is 6. The van der Waals surface area contributed by atoms with Gasteiger partial charge in [-0.1, -0.05) is 47.6 Å². The number of hydrazone groups is 1. The van der Waals surface area contributed by atoms with Crippen molar-refractivity contribution in [2.45, 2.75) is 18.6 Å². The molecule has 1 N–H and O–H groups in total. The number of fused-ring (bicyclic) bond motifs is 1. The number of halogens is 1. The second-order valence-corrected chi connectivity index (χ2v) is 9.07. The van der Waals surface area contributed by atoms with Crippen molar-refractivity contribution in [1.82, 2.24) is 15.0 Å². The summed E-state index contributed by atoms with van der Waals surface area (Å²) in [6, 6.07) is 21.1. The fraction of sp³-hybridized carbons (Fsp3) is 0.192. The van der Waals surface area contributed by atoms with Crippen molar-refractivity contribution in [1.29, 1.82) is 0 Å². The van der Waals surface area contributed by atoms with Gasteiger partial charge in [0.15, 0.2) is 16.7 Å². The number of methoxy groups -OCH3 is 2. The van der Waals surface area contributed by atoms with E-state index in [0.717, 1.165) is 27.3 Å². The Morgan fingerprint density at radius 2 is 1.80 bits per heavy atom. The number of nitrogens with zero attached hydrogens (tertiary/aromatic N) is 3. The van der Waals surface area contributed by atoms with Gasteiger partial charge in [0.25, 0.3) is 5.91 Å². The molecule has 4 rings (SSSR count). The number of carbonyl (C=O) groups excluding carboxylic acids is 1. The van der Waals surface area contributed by atoms with Gasteiger partial charge in [-0.15, -0.1) is 0 Å². The summed E-state index contributed by atoms with van der Waals surface area (Å²) in [5.41, 5.74) is 7.09. The van der Waals surface area contributed by atoms with Crippen LogP contribution in [0.25, 0.3) is 11.0 Å². The molecule has 0 bridgehead atoms. The molecule has 9 heteroatoms. The van der Waals surface area contributed by atoms with Crippen LogP contribution in [0.15, 0.2) is 77.0 Å². The Hall–Kier alpha value is -3.49. The predicted molar refractivity (Wildman–Crippen MR) is 141 cm³/mol. The standard InChI is InChI=1S/C26H25ClN4O3S/c1-17(19-10-13-23(33-2)24(14-19)34-3)29-30-25(32)16-35-26-28-21-6-4-5-7-22(21)31(26)15-18-8-11-20(27)12-9-18/h4-14H,15-16H2,1-3H3,(H,30,32)/b29-17+. The molecule has 0 radical (unpaired) electrons. The first-order chi connectivity index (χ1) is 17.0. The van der Waals surface area contributed by atoms with E-state index in [1.54, 1.807) is 20.3 Å². The number of thioether (sulfide) groups is 1. The number of benzene rings is 3. The van der Waals surface area contributed by atoms with E-state index in [4.69, 9.17) is 26.1 Å². The lowest BCUT2D eigenvalue weighted by atomic mass is 10.1. The summed E-state index contributed by atoms with van der Waals surface area (Å²) in [5, 5.41) is 5.70. The molecule has 1 heterocycles. The summed E-state index contributed by atoms with van der Waals surface area (Å²) < 4.78 is 12.7. The second-order valence-electron chi connectivity index (χ2n) is 7.69. The van der Waals surface area contributed by atoms with Gasteiger partial charge in [-0.05, 0) is 55.0 Å². The largest absolute Gasteiger partial charge is 0.493 e. The topological polar surface area (TPSA) is 77.7 Å². The normalized spacial score (nSPS) is 11.5. The first kappa shape index (κ1) is 24.6. The van der Waals surface area contributed by atoms with E-state index in [9.17, 15) is 4.79 Å². The van der Waals surface area contributed by atoms with E-state index in [0.29, 0.717) is 28.8 Å². The van der Waals surface area contributed by atoms with E-state index < -0.39 is 0 Å². The highest BCUT2D eigenvalue weighted by molar-refractivity contribution is 7.99. The lowest BCUT2D eigenvalue weighted by molar-refractivity contribution is -0.118. The highest BCUT2D eigenvalue weighted by Gasteiger charge is 2.14. The monoisotopic (exact) mass is 508 g/mol. The number of imidazole rings is 1. The van der Waals surface area contributed by atoms with Crippen LogP contribution in [0.4, 0.5) is 0 Å². The van der Waals surface area contributed by atoms with Crippen molar-refractivity contribution in [2.75, 3.05) is 20.0 Å².